The number of hydrogen-bond donors (Lipinski definition) is 1. The summed E-state index contributed by atoms with van der Waals surface area (Å²) in [5.74, 6) is 0. The highest BCUT2D eigenvalue weighted by atomic mass is 35.5. The molecule has 0 bridgehead atoms. The summed E-state index contributed by atoms with van der Waals surface area (Å²) in [5.41, 5.74) is 3.66. The van der Waals surface area contributed by atoms with Gasteiger partial charge in [0.05, 0.1) is 17.0 Å². The summed E-state index contributed by atoms with van der Waals surface area (Å²) in [6.45, 7) is 0. The summed E-state index contributed by atoms with van der Waals surface area (Å²) in [5, 5.41) is -0.790. The predicted octanol–water partition coefficient (Wildman–Crippen LogP) is 4.73. The van der Waals surface area contributed by atoms with E-state index in [-0.39, 0.29) is 18.0 Å². The maximum Gasteiger partial charge on any atom is 0.417 e. The molecule has 0 radical (unpaired) electrons. The summed E-state index contributed by atoms with van der Waals surface area (Å²) in [6.07, 6.45) is -10.7. The summed E-state index contributed by atoms with van der Waals surface area (Å²) in [4.78, 5) is 0. The first kappa shape index (κ1) is 18.3. The van der Waals surface area contributed by atoms with Gasteiger partial charge in [0.25, 0.3) is 0 Å². The number of alkyl halides is 6. The molecular weight excluding hydrogens is 319 g/mol. The van der Waals surface area contributed by atoms with Crippen LogP contribution in [0.1, 0.15) is 23.6 Å². The second-order valence-electron chi connectivity index (χ2n) is 3.63. The Morgan fingerprint density at radius 3 is 2.05 bits per heavy atom. The van der Waals surface area contributed by atoms with Crippen LogP contribution in [0.4, 0.5) is 26.3 Å². The molecule has 19 heavy (non-hydrogen) atoms. The van der Waals surface area contributed by atoms with Gasteiger partial charge in [-0.3, -0.25) is 0 Å². The van der Waals surface area contributed by atoms with Gasteiger partial charge in [-0.15, -0.1) is 12.4 Å². The molecule has 0 aliphatic heterocycles. The SMILES string of the molecule is Cl.N[C@H](CC(F)(F)F)c1cccc(C(F)(F)F)c1Cl. The molecule has 1 aromatic carbocycles. The molecule has 0 unspecified atom stereocenters. The van der Waals surface area contributed by atoms with Gasteiger partial charge in [0.2, 0.25) is 0 Å². The van der Waals surface area contributed by atoms with Crippen molar-refractivity contribution in [2.75, 3.05) is 0 Å². The topological polar surface area (TPSA) is 26.0 Å². The molecule has 9 heteroatoms. The van der Waals surface area contributed by atoms with Crippen LogP contribution >= 0.6 is 24.0 Å². The van der Waals surface area contributed by atoms with Crippen molar-refractivity contribution in [1.29, 1.82) is 0 Å². The van der Waals surface area contributed by atoms with Crippen LogP contribution in [-0.4, -0.2) is 6.18 Å². The Kier molecular flexibility index (Phi) is 5.98. The molecule has 0 fully saturated rings. The van der Waals surface area contributed by atoms with E-state index in [1.54, 1.807) is 0 Å². The van der Waals surface area contributed by atoms with E-state index >= 15 is 0 Å². The molecule has 1 atom stereocenters. The highest BCUT2D eigenvalue weighted by molar-refractivity contribution is 6.32. The van der Waals surface area contributed by atoms with Crippen molar-refractivity contribution in [1.82, 2.24) is 0 Å². The second kappa shape index (κ2) is 6.19. The zero-order valence-electron chi connectivity index (χ0n) is 9.15. The van der Waals surface area contributed by atoms with Gasteiger partial charge >= 0.3 is 12.4 Å². The molecule has 0 saturated carbocycles. The molecule has 1 nitrogen and oxygen atoms in total. The molecule has 0 saturated heterocycles. The normalized spacial score (nSPS) is 13.9. The average Bonchev–Trinajstić information content (AvgIpc) is 2.12. The Balaban J connectivity index is 0.00000324. The molecule has 0 aliphatic carbocycles. The first-order chi connectivity index (χ1) is 8.02. The van der Waals surface area contributed by atoms with Crippen LogP contribution < -0.4 is 5.73 Å². The zero-order valence-corrected chi connectivity index (χ0v) is 10.7. The third-order valence-corrected chi connectivity index (χ3v) is 2.61. The van der Waals surface area contributed by atoms with Gasteiger partial charge in [0, 0.05) is 6.04 Å². The Hall–Kier alpha value is -0.660. The van der Waals surface area contributed by atoms with E-state index in [9.17, 15) is 26.3 Å². The largest absolute Gasteiger partial charge is 0.417 e. The van der Waals surface area contributed by atoms with Gasteiger partial charge in [-0.1, -0.05) is 23.7 Å². The minimum Gasteiger partial charge on any atom is -0.324 e. The van der Waals surface area contributed by atoms with Crippen molar-refractivity contribution < 1.29 is 26.3 Å². The summed E-state index contributed by atoms with van der Waals surface area (Å²) < 4.78 is 73.8. The van der Waals surface area contributed by atoms with Crippen molar-refractivity contribution in [3.05, 3.63) is 34.3 Å². The number of nitrogens with two attached hydrogens (primary N) is 1. The highest BCUT2D eigenvalue weighted by Crippen LogP contribution is 2.39. The second-order valence-corrected chi connectivity index (χ2v) is 4.01. The molecule has 1 aromatic rings. The van der Waals surface area contributed by atoms with E-state index < -0.39 is 35.4 Å². The molecule has 0 spiro atoms. The van der Waals surface area contributed by atoms with Gasteiger partial charge in [-0.2, -0.15) is 26.3 Å². The molecular formula is C10H9Cl2F6N. The van der Waals surface area contributed by atoms with Crippen molar-refractivity contribution >= 4 is 24.0 Å². The molecule has 2 N–H and O–H groups in total. The van der Waals surface area contributed by atoms with E-state index in [2.05, 4.69) is 0 Å². The van der Waals surface area contributed by atoms with Crippen LogP contribution in [0.3, 0.4) is 0 Å². The fraction of sp³-hybridized carbons (Fsp3) is 0.400. The minimum atomic E-state index is -4.73. The Morgan fingerprint density at radius 1 is 1.11 bits per heavy atom. The quantitative estimate of drug-likeness (QED) is 0.780. The highest BCUT2D eigenvalue weighted by Gasteiger charge is 2.36. The smallest absolute Gasteiger partial charge is 0.324 e. The number of halogens is 8. The third kappa shape index (κ3) is 5.08. The van der Waals surface area contributed by atoms with E-state index in [0.717, 1.165) is 12.1 Å². The van der Waals surface area contributed by atoms with Gasteiger partial charge in [-0.05, 0) is 11.6 Å². The lowest BCUT2D eigenvalue weighted by molar-refractivity contribution is -0.138. The van der Waals surface area contributed by atoms with Crippen molar-refractivity contribution in [3.8, 4) is 0 Å². The van der Waals surface area contributed by atoms with Crippen LogP contribution in [-0.2, 0) is 6.18 Å². The van der Waals surface area contributed by atoms with Gasteiger partial charge in [0.1, 0.15) is 0 Å². The van der Waals surface area contributed by atoms with E-state index in [0.29, 0.717) is 6.07 Å². The van der Waals surface area contributed by atoms with Gasteiger partial charge in [0.15, 0.2) is 0 Å². The van der Waals surface area contributed by atoms with Crippen molar-refractivity contribution in [2.45, 2.75) is 24.8 Å². The lowest BCUT2D eigenvalue weighted by Crippen LogP contribution is -2.21. The standard InChI is InChI=1S/C10H8ClF6N.ClH/c11-8-5(7(18)4-9(12,13)14)2-1-3-6(8)10(15,16)17;/h1-3,7H,4,18H2;1H/t7-;/m1./s1. The summed E-state index contributed by atoms with van der Waals surface area (Å²) >= 11 is 5.45. The van der Waals surface area contributed by atoms with Crippen LogP contribution in [0.5, 0.6) is 0 Å². The van der Waals surface area contributed by atoms with Gasteiger partial charge < -0.3 is 5.73 Å². The number of benzene rings is 1. The van der Waals surface area contributed by atoms with Crippen LogP contribution in [0.25, 0.3) is 0 Å². The average molecular weight is 328 g/mol. The van der Waals surface area contributed by atoms with Crippen LogP contribution in [0.15, 0.2) is 18.2 Å². The predicted molar refractivity (Wildman–Crippen MR) is 61.3 cm³/mol. The van der Waals surface area contributed by atoms with Gasteiger partial charge in [-0.25, -0.2) is 0 Å². The lowest BCUT2D eigenvalue weighted by Gasteiger charge is -2.18. The Morgan fingerprint density at radius 2 is 1.63 bits per heavy atom. The number of hydrogen-bond acceptors (Lipinski definition) is 1. The van der Waals surface area contributed by atoms with E-state index in [1.165, 1.54) is 0 Å². The molecule has 1 rings (SSSR count). The molecule has 0 amide bonds. The van der Waals surface area contributed by atoms with Crippen molar-refractivity contribution in [2.24, 2.45) is 5.73 Å². The maximum atomic E-state index is 12.5. The van der Waals surface area contributed by atoms with Crippen LogP contribution in [0, 0.1) is 0 Å². The Labute approximate surface area is 116 Å². The fourth-order valence-corrected chi connectivity index (χ4v) is 1.79. The summed E-state index contributed by atoms with van der Waals surface area (Å²) in [7, 11) is 0. The monoisotopic (exact) mass is 327 g/mol. The molecule has 110 valence electrons. The molecule has 0 aliphatic rings. The first-order valence-corrected chi connectivity index (χ1v) is 5.08. The maximum absolute atomic E-state index is 12.5. The molecule has 0 heterocycles. The zero-order chi connectivity index (χ0) is 14.1. The van der Waals surface area contributed by atoms with E-state index in [4.69, 9.17) is 17.3 Å². The fourth-order valence-electron chi connectivity index (χ4n) is 1.41. The number of rotatable bonds is 2. The molecule has 0 aromatic heterocycles. The lowest BCUT2D eigenvalue weighted by atomic mass is 10.0. The van der Waals surface area contributed by atoms with Crippen molar-refractivity contribution in [3.63, 3.8) is 0 Å². The van der Waals surface area contributed by atoms with E-state index in [1.807, 2.05) is 0 Å². The van der Waals surface area contributed by atoms with Crippen LogP contribution in [0.2, 0.25) is 5.02 Å². The summed E-state index contributed by atoms with van der Waals surface area (Å²) in [6, 6.07) is 1.08. The Bertz CT molecular complexity index is 429. The third-order valence-electron chi connectivity index (χ3n) is 2.18. The minimum absolute atomic E-state index is 0. The first-order valence-electron chi connectivity index (χ1n) is 4.70.